The van der Waals surface area contributed by atoms with Crippen molar-refractivity contribution in [2.45, 2.75) is 71.0 Å². The van der Waals surface area contributed by atoms with E-state index < -0.39 is 79.2 Å². The lowest BCUT2D eigenvalue weighted by Gasteiger charge is -2.43. The molecule has 0 bridgehead atoms. The maximum atomic E-state index is 13.1. The number of carboxylic acid groups (broad SMARTS) is 1. The standard InChI is InChI=1S/C30H33NO14/c1-16-24(42-17(2)32)25(43-18(3)33)26(44-19(4)34)30(41-16)40-15-23(29(38)39-14-20-10-6-5-7-11-20)31-45-28(37)22-13-9-8-12-21(22)27(35)36/h5-13,16,23-26,30-31H,14-15H2,1-4H3,(H,35,36)/t16-,23-,24+,25+,26-,30-/m0/s1. The Morgan fingerprint density at radius 1 is 0.800 bits per heavy atom. The van der Waals surface area contributed by atoms with Gasteiger partial charge < -0.3 is 38.4 Å². The number of hydrogen-bond acceptors (Lipinski definition) is 14. The lowest BCUT2D eigenvalue weighted by Crippen LogP contribution is -2.61. The Morgan fingerprint density at radius 3 is 1.96 bits per heavy atom. The zero-order valence-corrected chi connectivity index (χ0v) is 24.8. The number of carbonyl (C=O) groups excluding carboxylic acids is 5. The van der Waals surface area contributed by atoms with Gasteiger partial charge in [-0.1, -0.05) is 42.5 Å². The summed E-state index contributed by atoms with van der Waals surface area (Å²) in [6, 6.07) is 12.4. The highest BCUT2D eigenvalue weighted by Crippen LogP contribution is 2.29. The molecule has 0 aliphatic carbocycles. The molecule has 0 aromatic heterocycles. The fraction of sp³-hybridized carbons (Fsp3) is 0.400. The van der Waals surface area contributed by atoms with Gasteiger partial charge in [-0.05, 0) is 24.6 Å². The maximum Gasteiger partial charge on any atom is 0.357 e. The molecule has 0 spiro atoms. The van der Waals surface area contributed by atoms with Gasteiger partial charge in [-0.15, -0.1) is 5.48 Å². The van der Waals surface area contributed by atoms with Gasteiger partial charge >= 0.3 is 35.8 Å². The van der Waals surface area contributed by atoms with Crippen molar-refractivity contribution in [2.24, 2.45) is 0 Å². The van der Waals surface area contributed by atoms with Crippen LogP contribution in [0.25, 0.3) is 0 Å². The summed E-state index contributed by atoms with van der Waals surface area (Å²) in [6.45, 7) is 4.04. The van der Waals surface area contributed by atoms with Crippen molar-refractivity contribution in [3.63, 3.8) is 0 Å². The predicted octanol–water partition coefficient (Wildman–Crippen LogP) is 1.71. The van der Waals surface area contributed by atoms with Crippen LogP contribution >= 0.6 is 0 Å². The van der Waals surface area contributed by atoms with E-state index in [1.54, 1.807) is 30.3 Å². The van der Waals surface area contributed by atoms with Crippen molar-refractivity contribution in [3.05, 3.63) is 71.3 Å². The number of hydrogen-bond donors (Lipinski definition) is 2. The van der Waals surface area contributed by atoms with Crippen LogP contribution in [0.1, 0.15) is 54.0 Å². The van der Waals surface area contributed by atoms with Gasteiger partial charge in [0, 0.05) is 20.8 Å². The van der Waals surface area contributed by atoms with E-state index in [4.69, 9.17) is 33.3 Å². The van der Waals surface area contributed by atoms with Crippen molar-refractivity contribution in [3.8, 4) is 0 Å². The van der Waals surface area contributed by atoms with Gasteiger partial charge in [0.2, 0.25) is 0 Å². The molecular formula is C30H33NO14. The van der Waals surface area contributed by atoms with E-state index in [0.717, 1.165) is 20.8 Å². The second-order valence-electron chi connectivity index (χ2n) is 9.77. The van der Waals surface area contributed by atoms with Gasteiger partial charge in [-0.25, -0.2) is 9.59 Å². The number of nitrogens with one attached hydrogen (secondary N) is 1. The van der Waals surface area contributed by atoms with Crippen molar-refractivity contribution >= 4 is 35.8 Å². The third kappa shape index (κ3) is 10.1. The van der Waals surface area contributed by atoms with Crippen LogP contribution in [0.5, 0.6) is 0 Å². The number of ether oxygens (including phenoxy) is 6. The highest BCUT2D eigenvalue weighted by molar-refractivity contribution is 6.02. The molecule has 1 fully saturated rings. The minimum atomic E-state index is -1.52. The largest absolute Gasteiger partial charge is 0.478 e. The van der Waals surface area contributed by atoms with Crippen LogP contribution in [0.15, 0.2) is 54.6 Å². The van der Waals surface area contributed by atoms with E-state index in [0.29, 0.717) is 5.56 Å². The molecule has 45 heavy (non-hydrogen) atoms. The smallest absolute Gasteiger partial charge is 0.357 e. The van der Waals surface area contributed by atoms with Crippen molar-refractivity contribution in [1.82, 2.24) is 5.48 Å². The van der Waals surface area contributed by atoms with Gasteiger partial charge in [0.15, 0.2) is 30.6 Å². The van der Waals surface area contributed by atoms with Crippen LogP contribution in [0, 0.1) is 0 Å². The minimum absolute atomic E-state index is 0.153. The molecule has 0 amide bonds. The topological polar surface area (TPSA) is 199 Å². The van der Waals surface area contributed by atoms with Gasteiger partial charge in [-0.3, -0.25) is 19.2 Å². The molecule has 6 atom stereocenters. The molecule has 0 unspecified atom stereocenters. The molecule has 2 aromatic rings. The van der Waals surface area contributed by atoms with Gasteiger partial charge in [-0.2, -0.15) is 0 Å². The molecule has 3 rings (SSSR count). The fourth-order valence-corrected chi connectivity index (χ4v) is 4.30. The summed E-state index contributed by atoms with van der Waals surface area (Å²) in [5.41, 5.74) is 2.26. The summed E-state index contributed by atoms with van der Waals surface area (Å²) in [5.74, 6) is -5.74. The lowest BCUT2D eigenvalue weighted by atomic mass is 9.99. The minimum Gasteiger partial charge on any atom is -0.478 e. The summed E-state index contributed by atoms with van der Waals surface area (Å²) in [5, 5.41) is 9.41. The first-order valence-corrected chi connectivity index (χ1v) is 13.7. The number of esters is 4. The molecule has 15 heteroatoms. The second-order valence-corrected chi connectivity index (χ2v) is 9.77. The first-order valence-electron chi connectivity index (χ1n) is 13.7. The van der Waals surface area contributed by atoms with E-state index in [-0.39, 0.29) is 17.7 Å². The summed E-state index contributed by atoms with van der Waals surface area (Å²) in [7, 11) is 0. The molecule has 2 N–H and O–H groups in total. The number of aromatic carboxylic acids is 1. The van der Waals surface area contributed by atoms with Crippen LogP contribution in [-0.2, 0) is 59.0 Å². The number of hydroxylamine groups is 1. The number of carboxylic acids is 1. The Hall–Kier alpha value is -4.86. The molecule has 15 nitrogen and oxygen atoms in total. The van der Waals surface area contributed by atoms with E-state index in [2.05, 4.69) is 5.48 Å². The van der Waals surface area contributed by atoms with Gasteiger partial charge in [0.05, 0.1) is 23.8 Å². The predicted molar refractivity (Wildman–Crippen MR) is 149 cm³/mol. The molecule has 0 saturated carbocycles. The first kappa shape index (κ1) is 34.6. The third-order valence-corrected chi connectivity index (χ3v) is 6.24. The molecule has 1 saturated heterocycles. The average Bonchev–Trinajstić information content (AvgIpc) is 2.99. The molecule has 242 valence electrons. The fourth-order valence-electron chi connectivity index (χ4n) is 4.30. The van der Waals surface area contributed by atoms with Crippen LogP contribution < -0.4 is 5.48 Å². The quantitative estimate of drug-likeness (QED) is 0.184. The highest BCUT2D eigenvalue weighted by Gasteiger charge is 2.51. The molecule has 1 aliphatic rings. The van der Waals surface area contributed by atoms with Gasteiger partial charge in [0.1, 0.15) is 6.61 Å². The molecule has 1 aliphatic heterocycles. The van der Waals surface area contributed by atoms with E-state index in [9.17, 15) is 33.9 Å². The van der Waals surface area contributed by atoms with Crippen LogP contribution in [0.4, 0.5) is 0 Å². The first-order chi connectivity index (χ1) is 21.4. The van der Waals surface area contributed by atoms with Crippen LogP contribution in [-0.4, -0.2) is 84.3 Å². The molecule has 0 radical (unpaired) electrons. The summed E-state index contributed by atoms with van der Waals surface area (Å²) in [4.78, 5) is 78.1. The zero-order chi connectivity index (χ0) is 33.1. The maximum absolute atomic E-state index is 13.1. The summed E-state index contributed by atoms with van der Waals surface area (Å²) >= 11 is 0. The second kappa shape index (κ2) is 16.3. The number of carbonyl (C=O) groups is 6. The molecular weight excluding hydrogens is 598 g/mol. The third-order valence-electron chi connectivity index (χ3n) is 6.24. The zero-order valence-electron chi connectivity index (χ0n) is 24.8. The highest BCUT2D eigenvalue weighted by atomic mass is 16.7. The lowest BCUT2D eigenvalue weighted by molar-refractivity contribution is -0.302. The Labute approximate surface area is 257 Å². The number of benzene rings is 2. The van der Waals surface area contributed by atoms with E-state index >= 15 is 0 Å². The van der Waals surface area contributed by atoms with Crippen LogP contribution in [0.2, 0.25) is 0 Å². The van der Waals surface area contributed by atoms with E-state index in [1.165, 1.54) is 31.2 Å². The Morgan fingerprint density at radius 2 is 1.36 bits per heavy atom. The van der Waals surface area contributed by atoms with Crippen molar-refractivity contribution in [2.75, 3.05) is 6.61 Å². The van der Waals surface area contributed by atoms with Crippen LogP contribution in [0.3, 0.4) is 0 Å². The Kier molecular flexibility index (Phi) is 12.5. The Bertz CT molecular complexity index is 1380. The summed E-state index contributed by atoms with van der Waals surface area (Å²) < 4.78 is 32.9. The molecule has 1 heterocycles. The van der Waals surface area contributed by atoms with Gasteiger partial charge in [0.25, 0.3) is 0 Å². The van der Waals surface area contributed by atoms with Crippen molar-refractivity contribution in [1.29, 1.82) is 0 Å². The van der Waals surface area contributed by atoms with Crippen molar-refractivity contribution < 1.29 is 67.1 Å². The molecule has 2 aromatic carbocycles. The Balaban J connectivity index is 1.83. The monoisotopic (exact) mass is 631 g/mol. The average molecular weight is 632 g/mol. The van der Waals surface area contributed by atoms with E-state index in [1.807, 2.05) is 0 Å². The number of rotatable bonds is 13. The SMILES string of the molecule is CC(=O)O[C@H]1[C@H](OC(C)=O)[C@@H](OC[C@H](NOC(=O)c2ccccc2C(=O)O)C(=O)OCc2ccccc2)O[C@@H](C)[C@H]1OC(C)=O. The summed E-state index contributed by atoms with van der Waals surface area (Å²) in [6.07, 6.45) is -6.43. The normalized spacial score (nSPS) is 21.5.